The fraction of sp³-hybridized carbons (Fsp3) is 0.462. The number of benzene rings is 1. The number of aliphatic hydroxyl groups excluding tert-OH is 1. The maximum Gasteiger partial charge on any atom is 0.257 e. The molecule has 0 atom stereocenters. The maximum atomic E-state index is 13.7. The SMILES string of the molecule is Cc1ccc(C(=O)N(CCO)C2CC2)c(F)c1. The van der Waals surface area contributed by atoms with E-state index in [1.54, 1.807) is 17.9 Å². The first kappa shape index (κ1) is 12.0. The fourth-order valence-corrected chi connectivity index (χ4v) is 1.89. The van der Waals surface area contributed by atoms with Crippen LogP contribution in [0.25, 0.3) is 0 Å². The third kappa shape index (κ3) is 2.64. The van der Waals surface area contributed by atoms with Crippen LogP contribution in [0, 0.1) is 12.7 Å². The first-order valence-electron chi connectivity index (χ1n) is 5.81. The highest BCUT2D eigenvalue weighted by Crippen LogP contribution is 2.28. The Morgan fingerprint density at radius 1 is 1.53 bits per heavy atom. The predicted octanol–water partition coefficient (Wildman–Crippen LogP) is 1.73. The Bertz CT molecular complexity index is 429. The van der Waals surface area contributed by atoms with E-state index < -0.39 is 5.82 Å². The monoisotopic (exact) mass is 237 g/mol. The molecule has 1 fully saturated rings. The standard InChI is InChI=1S/C13H16FNO2/c1-9-2-5-11(12(14)8-9)13(17)15(6-7-16)10-3-4-10/h2,5,8,10,16H,3-4,6-7H2,1H3. The van der Waals surface area contributed by atoms with Crippen molar-refractivity contribution in [2.75, 3.05) is 13.2 Å². The molecule has 3 nitrogen and oxygen atoms in total. The molecule has 0 bridgehead atoms. The van der Waals surface area contributed by atoms with Crippen molar-refractivity contribution in [3.8, 4) is 0 Å². The van der Waals surface area contributed by atoms with Crippen molar-refractivity contribution >= 4 is 5.91 Å². The number of hydrogen-bond donors (Lipinski definition) is 1. The van der Waals surface area contributed by atoms with Gasteiger partial charge in [-0.1, -0.05) is 6.07 Å². The summed E-state index contributed by atoms with van der Waals surface area (Å²) in [7, 11) is 0. The summed E-state index contributed by atoms with van der Waals surface area (Å²) in [5.41, 5.74) is 0.884. The van der Waals surface area contributed by atoms with Crippen LogP contribution in [0.2, 0.25) is 0 Å². The van der Waals surface area contributed by atoms with Crippen LogP contribution in [-0.2, 0) is 0 Å². The highest BCUT2D eigenvalue weighted by Gasteiger charge is 2.33. The largest absolute Gasteiger partial charge is 0.395 e. The summed E-state index contributed by atoms with van der Waals surface area (Å²) in [6, 6.07) is 4.77. The molecule has 0 saturated heterocycles. The fourth-order valence-electron chi connectivity index (χ4n) is 1.89. The zero-order chi connectivity index (χ0) is 12.4. The quantitative estimate of drug-likeness (QED) is 0.866. The van der Waals surface area contributed by atoms with Crippen LogP contribution in [-0.4, -0.2) is 35.1 Å². The smallest absolute Gasteiger partial charge is 0.257 e. The lowest BCUT2D eigenvalue weighted by atomic mass is 10.1. The minimum atomic E-state index is -0.487. The number of aryl methyl sites for hydroxylation is 1. The summed E-state index contributed by atoms with van der Waals surface area (Å²) >= 11 is 0. The van der Waals surface area contributed by atoms with Crippen molar-refractivity contribution in [2.45, 2.75) is 25.8 Å². The van der Waals surface area contributed by atoms with Crippen molar-refractivity contribution < 1.29 is 14.3 Å². The molecule has 2 rings (SSSR count). The molecule has 0 unspecified atom stereocenters. The van der Waals surface area contributed by atoms with Gasteiger partial charge < -0.3 is 10.0 Å². The Balaban J connectivity index is 2.22. The molecule has 1 N–H and O–H groups in total. The van der Waals surface area contributed by atoms with Gasteiger partial charge in [-0.15, -0.1) is 0 Å². The molecule has 1 aromatic carbocycles. The Morgan fingerprint density at radius 2 is 2.24 bits per heavy atom. The molecule has 0 radical (unpaired) electrons. The maximum absolute atomic E-state index is 13.7. The van der Waals surface area contributed by atoms with Gasteiger partial charge in [-0.25, -0.2) is 4.39 Å². The topological polar surface area (TPSA) is 40.5 Å². The highest BCUT2D eigenvalue weighted by atomic mass is 19.1. The van der Waals surface area contributed by atoms with Crippen molar-refractivity contribution in [2.24, 2.45) is 0 Å². The van der Waals surface area contributed by atoms with Gasteiger partial charge in [-0.2, -0.15) is 0 Å². The number of nitrogens with zero attached hydrogens (tertiary/aromatic N) is 1. The lowest BCUT2D eigenvalue weighted by molar-refractivity contribution is 0.0703. The van der Waals surface area contributed by atoms with Crippen LogP contribution in [0.5, 0.6) is 0 Å². The Morgan fingerprint density at radius 3 is 2.76 bits per heavy atom. The number of carbonyl (C=O) groups excluding carboxylic acids is 1. The van der Waals surface area contributed by atoms with Crippen molar-refractivity contribution in [3.63, 3.8) is 0 Å². The van der Waals surface area contributed by atoms with Gasteiger partial charge in [0, 0.05) is 12.6 Å². The van der Waals surface area contributed by atoms with E-state index in [9.17, 15) is 9.18 Å². The minimum Gasteiger partial charge on any atom is -0.395 e. The molecule has 0 spiro atoms. The molecule has 1 aliphatic carbocycles. The van der Waals surface area contributed by atoms with Crippen molar-refractivity contribution in [3.05, 3.63) is 35.1 Å². The lowest BCUT2D eigenvalue weighted by Gasteiger charge is -2.21. The van der Waals surface area contributed by atoms with E-state index in [0.29, 0.717) is 0 Å². The lowest BCUT2D eigenvalue weighted by Crippen LogP contribution is -2.36. The normalized spacial score (nSPS) is 14.8. The molecule has 17 heavy (non-hydrogen) atoms. The molecule has 4 heteroatoms. The van der Waals surface area contributed by atoms with Crippen LogP contribution < -0.4 is 0 Å². The molecule has 1 aliphatic rings. The summed E-state index contributed by atoms with van der Waals surface area (Å²) in [6.45, 7) is 1.97. The molecule has 1 saturated carbocycles. The van der Waals surface area contributed by atoms with E-state index in [-0.39, 0.29) is 30.7 Å². The number of aliphatic hydroxyl groups is 1. The van der Waals surface area contributed by atoms with E-state index in [2.05, 4.69) is 0 Å². The Hall–Kier alpha value is -1.42. The van der Waals surface area contributed by atoms with E-state index in [4.69, 9.17) is 5.11 Å². The molecule has 0 aliphatic heterocycles. The average molecular weight is 237 g/mol. The number of carbonyl (C=O) groups is 1. The van der Waals surface area contributed by atoms with Gasteiger partial charge in [-0.3, -0.25) is 4.79 Å². The Kier molecular flexibility index (Phi) is 3.43. The first-order chi connectivity index (χ1) is 8.13. The van der Waals surface area contributed by atoms with Gasteiger partial charge in [0.1, 0.15) is 5.82 Å². The second-order valence-corrected chi connectivity index (χ2v) is 4.44. The average Bonchev–Trinajstić information content (AvgIpc) is 3.09. The molecule has 92 valence electrons. The molecule has 0 aromatic heterocycles. The van der Waals surface area contributed by atoms with Crippen LogP contribution in [0.15, 0.2) is 18.2 Å². The summed E-state index contributed by atoms with van der Waals surface area (Å²) in [5, 5.41) is 8.93. The van der Waals surface area contributed by atoms with Gasteiger partial charge in [-0.05, 0) is 37.5 Å². The summed E-state index contributed by atoms with van der Waals surface area (Å²) in [5.74, 6) is -0.808. The van der Waals surface area contributed by atoms with Gasteiger partial charge in [0.15, 0.2) is 0 Å². The molecule has 1 amide bonds. The van der Waals surface area contributed by atoms with E-state index >= 15 is 0 Å². The van der Waals surface area contributed by atoms with Crippen molar-refractivity contribution in [1.82, 2.24) is 4.90 Å². The number of rotatable bonds is 4. The van der Waals surface area contributed by atoms with Crippen LogP contribution >= 0.6 is 0 Å². The van der Waals surface area contributed by atoms with Gasteiger partial charge in [0.2, 0.25) is 0 Å². The highest BCUT2D eigenvalue weighted by molar-refractivity contribution is 5.95. The first-order valence-corrected chi connectivity index (χ1v) is 5.81. The molecule has 0 heterocycles. The van der Waals surface area contributed by atoms with E-state index in [1.165, 1.54) is 12.1 Å². The van der Waals surface area contributed by atoms with Crippen LogP contribution in [0.1, 0.15) is 28.8 Å². The van der Waals surface area contributed by atoms with Gasteiger partial charge >= 0.3 is 0 Å². The van der Waals surface area contributed by atoms with Crippen LogP contribution in [0.3, 0.4) is 0 Å². The molecular formula is C13H16FNO2. The van der Waals surface area contributed by atoms with E-state index in [0.717, 1.165) is 18.4 Å². The third-order valence-electron chi connectivity index (χ3n) is 2.94. The van der Waals surface area contributed by atoms with Crippen molar-refractivity contribution in [1.29, 1.82) is 0 Å². The second kappa shape index (κ2) is 4.84. The van der Waals surface area contributed by atoms with Gasteiger partial charge in [0.25, 0.3) is 5.91 Å². The number of halogens is 1. The summed E-state index contributed by atoms with van der Waals surface area (Å²) in [4.78, 5) is 13.7. The third-order valence-corrected chi connectivity index (χ3v) is 2.94. The summed E-state index contributed by atoms with van der Waals surface area (Å²) < 4.78 is 13.7. The van der Waals surface area contributed by atoms with Crippen LogP contribution in [0.4, 0.5) is 4.39 Å². The second-order valence-electron chi connectivity index (χ2n) is 4.44. The van der Waals surface area contributed by atoms with E-state index in [1.807, 2.05) is 0 Å². The predicted molar refractivity (Wildman–Crippen MR) is 62.3 cm³/mol. The molecule has 1 aromatic rings. The number of hydrogen-bond acceptors (Lipinski definition) is 2. The number of amides is 1. The summed E-state index contributed by atoms with van der Waals surface area (Å²) in [6.07, 6.45) is 1.89. The van der Waals surface area contributed by atoms with Gasteiger partial charge in [0.05, 0.1) is 12.2 Å². The zero-order valence-electron chi connectivity index (χ0n) is 9.82. The minimum absolute atomic E-state index is 0.0876. The zero-order valence-corrected chi connectivity index (χ0v) is 9.82. The molecular weight excluding hydrogens is 221 g/mol. The Labute approximate surface area is 99.9 Å².